The van der Waals surface area contributed by atoms with Crippen molar-refractivity contribution in [1.82, 2.24) is 15.5 Å². The SMILES string of the molecule is CCNC(=NCC1Cc2ccccc2O1)NCCc1cccc(C(=O)N(C)C)c1.I. The molecule has 1 amide bonds. The normalized spacial score (nSPS) is 14.9. The molecule has 7 heteroatoms. The van der Waals surface area contributed by atoms with Gasteiger partial charge in [-0.05, 0) is 42.7 Å². The highest BCUT2D eigenvalue weighted by atomic mass is 127. The van der Waals surface area contributed by atoms with Gasteiger partial charge < -0.3 is 20.3 Å². The Morgan fingerprint density at radius 3 is 2.70 bits per heavy atom. The maximum absolute atomic E-state index is 12.1. The molecule has 0 saturated heterocycles. The number of fused-ring (bicyclic) bond motifs is 1. The third-order valence-electron chi connectivity index (χ3n) is 4.80. The highest BCUT2D eigenvalue weighted by Crippen LogP contribution is 2.28. The fourth-order valence-corrected chi connectivity index (χ4v) is 3.33. The Balaban J connectivity index is 0.00000320. The highest BCUT2D eigenvalue weighted by Gasteiger charge is 2.21. The van der Waals surface area contributed by atoms with Crippen molar-refractivity contribution in [2.45, 2.75) is 25.9 Å². The summed E-state index contributed by atoms with van der Waals surface area (Å²) in [5.41, 5.74) is 3.08. The second-order valence-electron chi connectivity index (χ2n) is 7.35. The van der Waals surface area contributed by atoms with Crippen LogP contribution in [0.5, 0.6) is 5.75 Å². The number of nitrogens with one attached hydrogen (secondary N) is 2. The minimum Gasteiger partial charge on any atom is -0.488 e. The molecule has 2 aromatic rings. The number of guanidine groups is 1. The number of rotatable bonds is 7. The number of amides is 1. The van der Waals surface area contributed by atoms with Gasteiger partial charge in [-0.2, -0.15) is 0 Å². The molecule has 1 aliphatic heterocycles. The average Bonchev–Trinajstić information content (AvgIpc) is 3.14. The number of aliphatic imine (C=N–C) groups is 1. The summed E-state index contributed by atoms with van der Waals surface area (Å²) < 4.78 is 5.97. The molecule has 1 unspecified atom stereocenters. The summed E-state index contributed by atoms with van der Waals surface area (Å²) in [7, 11) is 3.53. The molecule has 0 bridgehead atoms. The summed E-state index contributed by atoms with van der Waals surface area (Å²) in [6, 6.07) is 15.9. The molecule has 0 aromatic heterocycles. The Bertz CT molecular complexity index is 845. The molecule has 2 N–H and O–H groups in total. The van der Waals surface area contributed by atoms with Gasteiger partial charge in [0.1, 0.15) is 11.9 Å². The van der Waals surface area contributed by atoms with Gasteiger partial charge in [-0.3, -0.25) is 4.79 Å². The van der Waals surface area contributed by atoms with Crippen LogP contribution in [-0.2, 0) is 12.8 Å². The molecule has 0 aliphatic carbocycles. The van der Waals surface area contributed by atoms with Gasteiger partial charge in [0.2, 0.25) is 0 Å². The molecule has 6 nitrogen and oxygen atoms in total. The lowest BCUT2D eigenvalue weighted by atomic mass is 10.1. The molecule has 1 heterocycles. The number of carbonyl (C=O) groups excluding carboxylic acids is 1. The van der Waals surface area contributed by atoms with E-state index in [2.05, 4.69) is 28.6 Å². The van der Waals surface area contributed by atoms with Gasteiger partial charge in [0.25, 0.3) is 5.91 Å². The van der Waals surface area contributed by atoms with Crippen LogP contribution in [0.1, 0.15) is 28.4 Å². The van der Waals surface area contributed by atoms with E-state index in [0.29, 0.717) is 12.1 Å². The molecule has 162 valence electrons. The van der Waals surface area contributed by atoms with Gasteiger partial charge in [-0.1, -0.05) is 30.3 Å². The molecular weight excluding hydrogens is 491 g/mol. The Morgan fingerprint density at radius 2 is 1.97 bits per heavy atom. The van der Waals surface area contributed by atoms with Gasteiger partial charge in [-0.25, -0.2) is 4.99 Å². The monoisotopic (exact) mass is 522 g/mol. The van der Waals surface area contributed by atoms with Crippen molar-refractivity contribution in [3.05, 3.63) is 65.2 Å². The topological polar surface area (TPSA) is 66.0 Å². The molecule has 0 fully saturated rings. The van der Waals surface area contributed by atoms with Crippen molar-refractivity contribution in [3.63, 3.8) is 0 Å². The number of hydrogen-bond donors (Lipinski definition) is 2. The fourth-order valence-electron chi connectivity index (χ4n) is 3.33. The molecule has 0 saturated carbocycles. The van der Waals surface area contributed by atoms with Crippen LogP contribution in [0.3, 0.4) is 0 Å². The lowest BCUT2D eigenvalue weighted by Gasteiger charge is -2.14. The van der Waals surface area contributed by atoms with Gasteiger partial charge in [0.15, 0.2) is 5.96 Å². The van der Waals surface area contributed by atoms with Gasteiger partial charge in [0, 0.05) is 39.2 Å². The Labute approximate surface area is 196 Å². The molecule has 3 rings (SSSR count). The van der Waals surface area contributed by atoms with Crippen LogP contribution in [0, 0.1) is 0 Å². The third-order valence-corrected chi connectivity index (χ3v) is 4.80. The predicted molar refractivity (Wildman–Crippen MR) is 132 cm³/mol. The van der Waals surface area contributed by atoms with Crippen molar-refractivity contribution >= 4 is 35.8 Å². The van der Waals surface area contributed by atoms with Gasteiger partial charge in [-0.15, -0.1) is 24.0 Å². The number of hydrogen-bond acceptors (Lipinski definition) is 3. The maximum Gasteiger partial charge on any atom is 0.253 e. The molecule has 1 aliphatic rings. The predicted octanol–water partition coefficient (Wildman–Crippen LogP) is 3.11. The summed E-state index contributed by atoms with van der Waals surface area (Å²) in [4.78, 5) is 18.4. The summed E-state index contributed by atoms with van der Waals surface area (Å²) in [5.74, 6) is 1.78. The Hall–Kier alpha value is -2.29. The minimum atomic E-state index is 0. The van der Waals surface area contributed by atoms with E-state index < -0.39 is 0 Å². The van der Waals surface area contributed by atoms with E-state index in [4.69, 9.17) is 4.74 Å². The van der Waals surface area contributed by atoms with Crippen LogP contribution < -0.4 is 15.4 Å². The molecule has 0 spiro atoms. The number of benzene rings is 2. The molecular formula is C23H31IN4O2. The summed E-state index contributed by atoms with van der Waals surface area (Å²) in [6.45, 7) is 4.19. The summed E-state index contributed by atoms with van der Waals surface area (Å²) in [6.07, 6.45) is 1.78. The van der Waals surface area contributed by atoms with E-state index in [-0.39, 0.29) is 36.0 Å². The largest absolute Gasteiger partial charge is 0.488 e. The van der Waals surface area contributed by atoms with E-state index in [1.165, 1.54) is 5.56 Å². The van der Waals surface area contributed by atoms with Crippen LogP contribution in [0.15, 0.2) is 53.5 Å². The fraction of sp³-hybridized carbons (Fsp3) is 0.391. The molecule has 1 atom stereocenters. The van der Waals surface area contributed by atoms with Crippen LogP contribution in [0.2, 0.25) is 0 Å². The molecule has 30 heavy (non-hydrogen) atoms. The van der Waals surface area contributed by atoms with E-state index in [1.54, 1.807) is 19.0 Å². The number of ether oxygens (including phenoxy) is 1. The maximum atomic E-state index is 12.1. The summed E-state index contributed by atoms with van der Waals surface area (Å²) >= 11 is 0. The van der Waals surface area contributed by atoms with Crippen molar-refractivity contribution in [2.75, 3.05) is 33.7 Å². The first-order chi connectivity index (χ1) is 14.1. The van der Waals surface area contributed by atoms with E-state index in [1.807, 2.05) is 42.5 Å². The zero-order chi connectivity index (χ0) is 20.6. The van der Waals surface area contributed by atoms with Crippen LogP contribution in [0.25, 0.3) is 0 Å². The van der Waals surface area contributed by atoms with E-state index in [0.717, 1.165) is 43.2 Å². The summed E-state index contributed by atoms with van der Waals surface area (Å²) in [5, 5.41) is 6.65. The number of para-hydroxylation sites is 1. The zero-order valence-corrected chi connectivity index (χ0v) is 20.2. The minimum absolute atomic E-state index is 0. The van der Waals surface area contributed by atoms with Gasteiger partial charge >= 0.3 is 0 Å². The standard InChI is InChI=1S/C23H30N4O2.HI/c1-4-24-23(26-16-20-15-18-9-5-6-11-21(18)29-20)25-13-12-17-8-7-10-19(14-17)22(28)27(2)3;/h5-11,14,20H,4,12-13,15-16H2,1-3H3,(H2,24,25,26);1H. The quantitative estimate of drug-likeness (QED) is 0.333. The lowest BCUT2D eigenvalue weighted by Crippen LogP contribution is -2.39. The molecule has 2 aromatic carbocycles. The van der Waals surface area contributed by atoms with Crippen LogP contribution in [-0.4, -0.2) is 56.6 Å². The smallest absolute Gasteiger partial charge is 0.253 e. The second kappa shape index (κ2) is 11.8. The lowest BCUT2D eigenvalue weighted by molar-refractivity contribution is 0.0827. The van der Waals surface area contributed by atoms with Crippen molar-refractivity contribution in [2.24, 2.45) is 4.99 Å². The Kier molecular flexibility index (Phi) is 9.42. The highest BCUT2D eigenvalue weighted by molar-refractivity contribution is 14.0. The first-order valence-corrected chi connectivity index (χ1v) is 10.1. The number of halogens is 1. The second-order valence-corrected chi connectivity index (χ2v) is 7.35. The van der Waals surface area contributed by atoms with Crippen molar-refractivity contribution in [1.29, 1.82) is 0 Å². The first-order valence-electron chi connectivity index (χ1n) is 10.1. The van der Waals surface area contributed by atoms with Gasteiger partial charge in [0.05, 0.1) is 6.54 Å². The Morgan fingerprint density at radius 1 is 1.17 bits per heavy atom. The van der Waals surface area contributed by atoms with E-state index >= 15 is 0 Å². The average molecular weight is 522 g/mol. The van der Waals surface area contributed by atoms with Crippen molar-refractivity contribution < 1.29 is 9.53 Å². The third kappa shape index (κ3) is 6.62. The number of carbonyl (C=O) groups is 1. The van der Waals surface area contributed by atoms with Crippen LogP contribution >= 0.6 is 24.0 Å². The first kappa shape index (κ1) is 24.0. The number of nitrogens with zero attached hydrogens (tertiary/aromatic N) is 2. The van der Waals surface area contributed by atoms with E-state index in [9.17, 15) is 4.79 Å². The zero-order valence-electron chi connectivity index (χ0n) is 17.9. The van der Waals surface area contributed by atoms with Crippen LogP contribution in [0.4, 0.5) is 0 Å². The molecule has 0 radical (unpaired) electrons. The van der Waals surface area contributed by atoms with Crippen molar-refractivity contribution in [3.8, 4) is 5.75 Å².